The molecule has 1 unspecified atom stereocenters. The Hall–Kier alpha value is -1.63. The Balaban J connectivity index is 1.87. The van der Waals surface area contributed by atoms with Crippen LogP contribution in [0, 0.1) is 0 Å². The number of likely N-dealkylation sites (tertiary alicyclic amines) is 1. The topological polar surface area (TPSA) is 98.7 Å². The lowest BCUT2D eigenvalue weighted by molar-refractivity contribution is -0.153. The number of amides is 3. The molecule has 0 bridgehead atoms. The van der Waals surface area contributed by atoms with E-state index in [1.54, 1.807) is 11.8 Å². The van der Waals surface area contributed by atoms with Crippen LogP contribution in [0.5, 0.6) is 0 Å². The number of carbonyl (C=O) groups is 3. The van der Waals surface area contributed by atoms with Crippen molar-refractivity contribution >= 4 is 17.9 Å². The smallest absolute Gasteiger partial charge is 0.323 e. The second-order valence-corrected chi connectivity index (χ2v) is 5.75. The highest BCUT2D eigenvalue weighted by molar-refractivity contribution is 5.95. The molecule has 2 aliphatic rings. The van der Waals surface area contributed by atoms with E-state index in [0.29, 0.717) is 13.0 Å². The summed E-state index contributed by atoms with van der Waals surface area (Å²) in [4.78, 5) is 36.3. The van der Waals surface area contributed by atoms with Crippen molar-refractivity contribution in [3.8, 4) is 0 Å². The van der Waals surface area contributed by atoms with Crippen molar-refractivity contribution in [1.29, 1.82) is 0 Å². The van der Waals surface area contributed by atoms with Gasteiger partial charge >= 0.3 is 12.0 Å². The van der Waals surface area contributed by atoms with Gasteiger partial charge in [-0.1, -0.05) is 0 Å². The molecule has 20 heavy (non-hydrogen) atoms. The number of rotatable bonds is 4. The summed E-state index contributed by atoms with van der Waals surface area (Å²) in [6.45, 7) is 2.12. The molecule has 0 aromatic carbocycles. The van der Waals surface area contributed by atoms with Crippen molar-refractivity contribution < 1.29 is 19.5 Å². The Morgan fingerprint density at radius 2 is 2.00 bits per heavy atom. The Bertz CT molecular complexity index is 422. The van der Waals surface area contributed by atoms with Crippen molar-refractivity contribution in [3.05, 3.63) is 0 Å². The van der Waals surface area contributed by atoms with Gasteiger partial charge in [-0.05, 0) is 45.6 Å². The molecule has 112 valence electrons. The highest BCUT2D eigenvalue weighted by Gasteiger charge is 2.42. The third-order valence-corrected chi connectivity index (χ3v) is 4.00. The van der Waals surface area contributed by atoms with Crippen LogP contribution in [-0.4, -0.2) is 52.6 Å². The van der Waals surface area contributed by atoms with Gasteiger partial charge in [0.25, 0.3) is 0 Å². The van der Waals surface area contributed by atoms with Crippen LogP contribution in [0.2, 0.25) is 0 Å². The molecule has 1 atom stereocenters. The summed E-state index contributed by atoms with van der Waals surface area (Å²) in [6, 6.07) is -0.311. The third-order valence-electron chi connectivity index (χ3n) is 4.00. The molecule has 0 radical (unpaired) electrons. The highest BCUT2D eigenvalue weighted by Crippen LogP contribution is 2.27. The number of piperidine rings is 1. The van der Waals surface area contributed by atoms with Crippen LogP contribution < -0.4 is 10.6 Å². The zero-order valence-corrected chi connectivity index (χ0v) is 11.6. The zero-order valence-electron chi connectivity index (χ0n) is 11.6. The maximum Gasteiger partial charge on any atom is 0.323 e. The molecule has 0 aromatic heterocycles. The van der Waals surface area contributed by atoms with Gasteiger partial charge in [-0.2, -0.15) is 0 Å². The molecule has 2 rings (SSSR count). The van der Waals surface area contributed by atoms with Crippen LogP contribution in [0.15, 0.2) is 0 Å². The average molecular weight is 283 g/mol. The normalized spacial score (nSPS) is 26.9. The Morgan fingerprint density at radius 3 is 2.60 bits per heavy atom. The molecule has 1 saturated carbocycles. The van der Waals surface area contributed by atoms with Crippen molar-refractivity contribution in [2.45, 2.75) is 50.6 Å². The van der Waals surface area contributed by atoms with E-state index in [-0.39, 0.29) is 12.6 Å². The lowest BCUT2D eigenvalue weighted by Gasteiger charge is -2.41. The first-order valence-electron chi connectivity index (χ1n) is 7.00. The minimum Gasteiger partial charge on any atom is -0.480 e. The highest BCUT2D eigenvalue weighted by atomic mass is 16.4. The van der Waals surface area contributed by atoms with Crippen molar-refractivity contribution in [2.24, 2.45) is 0 Å². The fourth-order valence-corrected chi connectivity index (χ4v) is 2.46. The molecule has 0 aromatic rings. The molecular formula is C13H21N3O4. The number of hydrogen-bond donors (Lipinski definition) is 3. The van der Waals surface area contributed by atoms with Crippen LogP contribution in [0.3, 0.4) is 0 Å². The van der Waals surface area contributed by atoms with Crippen LogP contribution >= 0.6 is 0 Å². The molecule has 7 nitrogen and oxygen atoms in total. The minimum atomic E-state index is -1.03. The van der Waals surface area contributed by atoms with Gasteiger partial charge in [-0.25, -0.2) is 4.79 Å². The minimum absolute atomic E-state index is 0.0686. The largest absolute Gasteiger partial charge is 0.480 e. The van der Waals surface area contributed by atoms with Gasteiger partial charge in [0.1, 0.15) is 5.54 Å². The summed E-state index contributed by atoms with van der Waals surface area (Å²) in [7, 11) is 0. The van der Waals surface area contributed by atoms with E-state index in [1.165, 1.54) is 0 Å². The quantitative estimate of drug-likeness (QED) is 0.689. The molecular weight excluding hydrogens is 262 g/mol. The van der Waals surface area contributed by atoms with Crippen LogP contribution in [-0.2, 0) is 9.59 Å². The number of nitrogens with one attached hydrogen (secondary N) is 2. The number of carboxylic acids is 1. The molecule has 3 amide bonds. The second kappa shape index (κ2) is 5.78. The molecule has 7 heteroatoms. The van der Waals surface area contributed by atoms with Gasteiger partial charge in [-0.3, -0.25) is 19.8 Å². The predicted molar refractivity (Wildman–Crippen MR) is 71.2 cm³/mol. The van der Waals surface area contributed by atoms with E-state index in [2.05, 4.69) is 10.6 Å². The van der Waals surface area contributed by atoms with Gasteiger partial charge in [0, 0.05) is 6.04 Å². The van der Waals surface area contributed by atoms with E-state index in [0.717, 1.165) is 25.7 Å². The lowest BCUT2D eigenvalue weighted by Crippen LogP contribution is -2.58. The summed E-state index contributed by atoms with van der Waals surface area (Å²) in [5, 5.41) is 14.2. The summed E-state index contributed by atoms with van der Waals surface area (Å²) < 4.78 is 0. The summed E-state index contributed by atoms with van der Waals surface area (Å²) in [6.07, 6.45) is 4.12. The van der Waals surface area contributed by atoms with Crippen LogP contribution in [0.4, 0.5) is 4.79 Å². The van der Waals surface area contributed by atoms with E-state index in [4.69, 9.17) is 0 Å². The fourth-order valence-electron chi connectivity index (χ4n) is 2.46. The molecule has 1 saturated heterocycles. The number of hydrogen-bond acceptors (Lipinski definition) is 4. The van der Waals surface area contributed by atoms with Gasteiger partial charge in [-0.15, -0.1) is 0 Å². The second-order valence-electron chi connectivity index (χ2n) is 5.75. The van der Waals surface area contributed by atoms with Gasteiger partial charge in [0.2, 0.25) is 5.91 Å². The number of urea groups is 1. The van der Waals surface area contributed by atoms with Crippen molar-refractivity contribution in [1.82, 2.24) is 15.5 Å². The van der Waals surface area contributed by atoms with E-state index in [1.807, 2.05) is 0 Å². The van der Waals surface area contributed by atoms with Crippen LogP contribution in [0.1, 0.15) is 39.0 Å². The third kappa shape index (κ3) is 3.47. The Kier molecular flexibility index (Phi) is 4.27. The number of imide groups is 1. The van der Waals surface area contributed by atoms with Crippen molar-refractivity contribution in [3.63, 3.8) is 0 Å². The monoisotopic (exact) mass is 283 g/mol. The van der Waals surface area contributed by atoms with E-state index < -0.39 is 23.4 Å². The number of nitrogens with zero attached hydrogens (tertiary/aromatic N) is 1. The molecule has 1 aliphatic heterocycles. The SMILES string of the molecule is CC1(C(=O)O)CCCCN1CC(=O)NC(=O)NC1CC1. The molecule has 2 fully saturated rings. The summed E-state index contributed by atoms with van der Waals surface area (Å²) in [5.41, 5.74) is -1.03. The number of aliphatic carboxylic acids is 1. The maximum absolute atomic E-state index is 11.8. The van der Waals surface area contributed by atoms with Gasteiger partial charge in [0.15, 0.2) is 0 Å². The number of carbonyl (C=O) groups excluding carboxylic acids is 2. The van der Waals surface area contributed by atoms with Gasteiger partial charge < -0.3 is 10.4 Å². The Labute approximate surface area is 117 Å². The fraction of sp³-hybridized carbons (Fsp3) is 0.769. The van der Waals surface area contributed by atoms with Gasteiger partial charge in [0.05, 0.1) is 6.54 Å². The first-order valence-corrected chi connectivity index (χ1v) is 7.00. The first-order chi connectivity index (χ1) is 9.41. The van der Waals surface area contributed by atoms with E-state index in [9.17, 15) is 19.5 Å². The first kappa shape index (κ1) is 14.8. The van der Waals surface area contributed by atoms with Crippen LogP contribution in [0.25, 0.3) is 0 Å². The summed E-state index contributed by atoms with van der Waals surface area (Å²) >= 11 is 0. The Morgan fingerprint density at radius 1 is 1.30 bits per heavy atom. The number of carboxylic acid groups (broad SMARTS) is 1. The molecule has 1 heterocycles. The van der Waals surface area contributed by atoms with E-state index >= 15 is 0 Å². The lowest BCUT2D eigenvalue weighted by atomic mass is 9.88. The summed E-state index contributed by atoms with van der Waals surface area (Å²) in [5.74, 6) is -1.38. The molecule has 3 N–H and O–H groups in total. The predicted octanol–water partition coefficient (Wildman–Crippen LogP) is 0.304. The standard InChI is InChI=1S/C13H21N3O4/c1-13(11(18)19)6-2-3-7-16(13)8-10(17)15-12(20)14-9-4-5-9/h9H,2-8H2,1H3,(H,18,19)(H2,14,15,17,20). The average Bonchev–Trinajstić information content (AvgIpc) is 3.15. The van der Waals surface area contributed by atoms with Crippen molar-refractivity contribution in [2.75, 3.05) is 13.1 Å². The molecule has 0 spiro atoms. The zero-order chi connectivity index (χ0) is 14.8. The maximum atomic E-state index is 11.8. The molecule has 1 aliphatic carbocycles.